The summed E-state index contributed by atoms with van der Waals surface area (Å²) in [4.78, 5) is 37.1. The zero-order chi connectivity index (χ0) is 27.9. The molecular weight excluding hydrogens is 504 g/mol. The van der Waals surface area contributed by atoms with E-state index in [9.17, 15) is 9.59 Å². The molecule has 0 saturated heterocycles. The molecule has 0 aliphatic rings. The Morgan fingerprint density at radius 1 is 1.02 bits per heavy atom. The van der Waals surface area contributed by atoms with E-state index in [1.54, 1.807) is 25.6 Å². The number of carbonyl (C=O) groups excluding carboxylic acids is 2. The number of aromatic amines is 1. The van der Waals surface area contributed by atoms with E-state index in [2.05, 4.69) is 25.9 Å². The van der Waals surface area contributed by atoms with E-state index >= 15 is 0 Å². The maximum absolute atomic E-state index is 13.3. The highest BCUT2D eigenvalue weighted by atomic mass is 16.5. The van der Waals surface area contributed by atoms with Crippen molar-refractivity contribution in [2.75, 3.05) is 24.3 Å². The molecule has 0 saturated carbocycles. The first-order valence-corrected chi connectivity index (χ1v) is 12.9. The molecule has 0 fully saturated rings. The van der Waals surface area contributed by atoms with Crippen LogP contribution >= 0.6 is 0 Å². The number of H-pyrrole nitrogens is 1. The number of hydrogen-bond donors (Lipinski definition) is 4. The van der Waals surface area contributed by atoms with E-state index in [1.165, 1.54) is 6.92 Å². The molecule has 0 aliphatic carbocycles. The summed E-state index contributed by atoms with van der Waals surface area (Å²) in [6.45, 7) is 2.37. The maximum atomic E-state index is 13.3. The summed E-state index contributed by atoms with van der Waals surface area (Å²) in [6.07, 6.45) is 6.10. The number of carbonyl (C=O) groups is 2. The van der Waals surface area contributed by atoms with Crippen molar-refractivity contribution in [1.29, 1.82) is 0 Å². The van der Waals surface area contributed by atoms with Gasteiger partial charge in [-0.2, -0.15) is 0 Å². The Morgan fingerprint density at radius 2 is 1.93 bits per heavy atom. The molecule has 0 bridgehead atoms. The van der Waals surface area contributed by atoms with Gasteiger partial charge in [0.05, 0.1) is 18.4 Å². The Hall–Kier alpha value is -5.18. The highest BCUT2D eigenvalue weighted by molar-refractivity contribution is 5.99. The predicted molar refractivity (Wildman–Crippen MR) is 156 cm³/mol. The molecule has 0 atom stereocenters. The summed E-state index contributed by atoms with van der Waals surface area (Å²) in [5.74, 6) is 0.871. The number of fused-ring (bicyclic) bond motifs is 1. The zero-order valence-corrected chi connectivity index (χ0v) is 22.3. The van der Waals surface area contributed by atoms with Gasteiger partial charge in [0.15, 0.2) is 0 Å². The predicted octanol–water partition coefficient (Wildman–Crippen LogP) is 5.18. The van der Waals surface area contributed by atoms with Crippen LogP contribution in [0.5, 0.6) is 5.75 Å². The number of aromatic nitrogens is 3. The van der Waals surface area contributed by atoms with Crippen molar-refractivity contribution in [1.82, 2.24) is 20.3 Å². The minimum Gasteiger partial charge on any atom is -0.497 e. The number of nitrogens with zero attached hydrogens (tertiary/aromatic N) is 2. The quantitative estimate of drug-likeness (QED) is 0.196. The molecule has 0 aliphatic heterocycles. The Morgan fingerprint density at radius 3 is 2.73 bits per heavy atom. The van der Waals surface area contributed by atoms with Crippen LogP contribution in [0.4, 0.5) is 11.5 Å². The van der Waals surface area contributed by atoms with E-state index in [-0.39, 0.29) is 11.8 Å². The average Bonchev–Trinajstić information content (AvgIpc) is 3.38. The normalized spacial score (nSPS) is 10.8. The van der Waals surface area contributed by atoms with E-state index in [4.69, 9.17) is 9.72 Å². The topological polar surface area (TPSA) is 121 Å². The van der Waals surface area contributed by atoms with Gasteiger partial charge in [0.25, 0.3) is 5.91 Å². The summed E-state index contributed by atoms with van der Waals surface area (Å²) in [6, 6.07) is 20.7. The third-order valence-electron chi connectivity index (χ3n) is 6.46. The molecule has 3 heterocycles. The number of pyridine rings is 2. The van der Waals surface area contributed by atoms with Crippen molar-refractivity contribution < 1.29 is 14.3 Å². The van der Waals surface area contributed by atoms with Gasteiger partial charge in [0, 0.05) is 60.8 Å². The van der Waals surface area contributed by atoms with Crippen molar-refractivity contribution in [2.45, 2.75) is 19.9 Å². The molecule has 0 radical (unpaired) electrons. The number of methoxy groups -OCH3 is 1. The standard InChI is InChI=1S/C31H30N6O3/c1-20(38)36-24-7-3-6-22(15-24)28-11-9-26(30(37-28)35-18-21-5-4-13-32-17-21)31(39)33-14-12-23-19-34-29-10-8-25(40-2)16-27(23)29/h3-11,13,15-17,19,34H,12,14,18H2,1-2H3,(H,33,39)(H,35,37)(H,36,38). The number of anilines is 2. The summed E-state index contributed by atoms with van der Waals surface area (Å²) >= 11 is 0. The Bertz CT molecular complexity index is 1650. The average molecular weight is 535 g/mol. The molecule has 9 heteroatoms. The second-order valence-electron chi connectivity index (χ2n) is 9.30. The lowest BCUT2D eigenvalue weighted by atomic mass is 10.1. The van der Waals surface area contributed by atoms with Gasteiger partial charge in [-0.15, -0.1) is 0 Å². The monoisotopic (exact) mass is 534 g/mol. The molecular formula is C31H30N6O3. The van der Waals surface area contributed by atoms with Gasteiger partial charge in [0.1, 0.15) is 11.6 Å². The number of rotatable bonds is 10. The molecule has 4 N–H and O–H groups in total. The lowest BCUT2D eigenvalue weighted by Gasteiger charge is -2.14. The maximum Gasteiger partial charge on any atom is 0.255 e. The van der Waals surface area contributed by atoms with Crippen LogP contribution in [-0.4, -0.2) is 40.4 Å². The van der Waals surface area contributed by atoms with Gasteiger partial charge >= 0.3 is 0 Å². The molecule has 2 aromatic carbocycles. The van der Waals surface area contributed by atoms with Crippen LogP contribution in [0.15, 0.2) is 85.3 Å². The molecule has 202 valence electrons. The van der Waals surface area contributed by atoms with Gasteiger partial charge in [-0.3, -0.25) is 14.6 Å². The molecule has 9 nitrogen and oxygen atoms in total. The van der Waals surface area contributed by atoms with Crippen LogP contribution in [0.2, 0.25) is 0 Å². The summed E-state index contributed by atoms with van der Waals surface area (Å²) < 4.78 is 5.36. The smallest absolute Gasteiger partial charge is 0.255 e. The number of ether oxygens (including phenoxy) is 1. The minimum atomic E-state index is -0.225. The molecule has 5 rings (SSSR count). The summed E-state index contributed by atoms with van der Waals surface area (Å²) in [5, 5.41) is 10.2. The van der Waals surface area contributed by atoms with Gasteiger partial charge in [-0.1, -0.05) is 18.2 Å². The van der Waals surface area contributed by atoms with Crippen LogP contribution in [0.25, 0.3) is 22.2 Å². The number of hydrogen-bond acceptors (Lipinski definition) is 6. The van der Waals surface area contributed by atoms with Crippen molar-refractivity contribution in [3.8, 4) is 17.0 Å². The fourth-order valence-electron chi connectivity index (χ4n) is 4.48. The third-order valence-corrected chi connectivity index (χ3v) is 6.46. The fraction of sp³-hybridized carbons (Fsp3) is 0.161. The minimum absolute atomic E-state index is 0.150. The van der Waals surface area contributed by atoms with Crippen molar-refractivity contribution in [3.63, 3.8) is 0 Å². The first-order chi connectivity index (χ1) is 19.5. The van der Waals surface area contributed by atoms with Crippen molar-refractivity contribution in [2.24, 2.45) is 0 Å². The first-order valence-electron chi connectivity index (χ1n) is 12.9. The lowest BCUT2D eigenvalue weighted by Crippen LogP contribution is -2.27. The van der Waals surface area contributed by atoms with E-state index in [0.717, 1.165) is 33.3 Å². The van der Waals surface area contributed by atoms with Crippen LogP contribution in [-0.2, 0) is 17.8 Å². The van der Waals surface area contributed by atoms with Crippen LogP contribution < -0.4 is 20.7 Å². The third kappa shape index (κ3) is 6.27. The van der Waals surface area contributed by atoms with Gasteiger partial charge in [-0.05, 0) is 66.1 Å². The Kier molecular flexibility index (Phi) is 8.01. The molecule has 0 spiro atoms. The van der Waals surface area contributed by atoms with E-state index in [1.807, 2.05) is 66.9 Å². The van der Waals surface area contributed by atoms with Gasteiger partial charge in [-0.25, -0.2) is 4.98 Å². The fourth-order valence-corrected chi connectivity index (χ4v) is 4.48. The second-order valence-corrected chi connectivity index (χ2v) is 9.30. The molecule has 3 aromatic heterocycles. The van der Waals surface area contributed by atoms with Crippen LogP contribution in [0, 0.1) is 0 Å². The second kappa shape index (κ2) is 12.1. The van der Waals surface area contributed by atoms with Crippen molar-refractivity contribution in [3.05, 3.63) is 102 Å². The van der Waals surface area contributed by atoms with E-state index < -0.39 is 0 Å². The molecule has 5 aromatic rings. The number of benzene rings is 2. The molecule has 40 heavy (non-hydrogen) atoms. The SMILES string of the molecule is COc1ccc2[nH]cc(CCNC(=O)c3ccc(-c4cccc(NC(C)=O)c4)nc3NCc3cccnc3)c2c1. The summed E-state index contributed by atoms with van der Waals surface area (Å²) in [5.41, 5.74) is 5.67. The highest BCUT2D eigenvalue weighted by Gasteiger charge is 2.15. The Balaban J connectivity index is 1.35. The lowest BCUT2D eigenvalue weighted by molar-refractivity contribution is -0.114. The zero-order valence-electron chi connectivity index (χ0n) is 22.3. The van der Waals surface area contributed by atoms with Crippen LogP contribution in [0.1, 0.15) is 28.4 Å². The molecule has 0 unspecified atom stereocenters. The van der Waals surface area contributed by atoms with Crippen molar-refractivity contribution >= 4 is 34.2 Å². The Labute approximate surface area is 232 Å². The summed E-state index contributed by atoms with van der Waals surface area (Å²) in [7, 11) is 1.65. The van der Waals surface area contributed by atoms with Crippen LogP contribution in [0.3, 0.4) is 0 Å². The van der Waals surface area contributed by atoms with Gasteiger partial charge in [0.2, 0.25) is 5.91 Å². The van der Waals surface area contributed by atoms with Gasteiger partial charge < -0.3 is 25.7 Å². The number of amides is 2. The number of nitrogens with one attached hydrogen (secondary N) is 4. The largest absolute Gasteiger partial charge is 0.497 e. The molecule has 2 amide bonds. The highest BCUT2D eigenvalue weighted by Crippen LogP contribution is 2.26. The van der Waals surface area contributed by atoms with E-state index in [0.29, 0.717) is 42.3 Å². The first kappa shape index (κ1) is 26.4.